The number of rotatable bonds is 10. The number of amides is 2. The van der Waals surface area contributed by atoms with E-state index in [9.17, 15) is 23.3 Å². The van der Waals surface area contributed by atoms with Gasteiger partial charge < -0.3 is 15.4 Å². The number of hydrogen-bond donors (Lipinski definition) is 2. The number of nitriles is 1. The molecule has 2 amide bonds. The number of fused-ring (bicyclic) bond motifs is 1. The van der Waals surface area contributed by atoms with Crippen molar-refractivity contribution in [1.82, 2.24) is 14.9 Å². The van der Waals surface area contributed by atoms with Crippen molar-refractivity contribution in [3.05, 3.63) is 65.0 Å². The van der Waals surface area contributed by atoms with Gasteiger partial charge in [-0.15, -0.1) is 11.3 Å². The SMILES string of the molecule is CCCC[C@H](NC(=O)c1cc2ccccc2s1)C(=O)NCC1CN(S(=O)(=O)c2ccccc2C#N)CCO1. The van der Waals surface area contributed by atoms with E-state index in [0.717, 1.165) is 22.9 Å². The molecule has 2 heterocycles. The lowest BCUT2D eigenvalue weighted by Gasteiger charge is -2.32. The molecule has 0 saturated carbocycles. The minimum atomic E-state index is -3.90. The van der Waals surface area contributed by atoms with E-state index in [-0.39, 0.29) is 48.5 Å². The van der Waals surface area contributed by atoms with Crippen molar-refractivity contribution in [3.8, 4) is 6.07 Å². The van der Waals surface area contributed by atoms with Crippen LogP contribution in [0.5, 0.6) is 0 Å². The van der Waals surface area contributed by atoms with Crippen molar-refractivity contribution in [3.63, 3.8) is 0 Å². The van der Waals surface area contributed by atoms with Crippen molar-refractivity contribution in [2.24, 2.45) is 0 Å². The zero-order valence-electron chi connectivity index (χ0n) is 21.1. The number of carbonyl (C=O) groups excluding carboxylic acids is 2. The van der Waals surface area contributed by atoms with Crippen LogP contribution in [0.25, 0.3) is 10.1 Å². The number of thiophene rings is 1. The van der Waals surface area contributed by atoms with Crippen LogP contribution in [0.3, 0.4) is 0 Å². The van der Waals surface area contributed by atoms with Gasteiger partial charge in [-0.3, -0.25) is 9.59 Å². The van der Waals surface area contributed by atoms with Crippen molar-refractivity contribution in [1.29, 1.82) is 5.26 Å². The highest BCUT2D eigenvalue weighted by Gasteiger charge is 2.33. The molecule has 11 heteroatoms. The van der Waals surface area contributed by atoms with E-state index >= 15 is 0 Å². The second-order valence-electron chi connectivity index (χ2n) is 9.03. The average molecular weight is 555 g/mol. The summed E-state index contributed by atoms with van der Waals surface area (Å²) in [6, 6.07) is 16.8. The summed E-state index contributed by atoms with van der Waals surface area (Å²) in [6.07, 6.45) is 1.54. The Labute approximate surface area is 226 Å². The van der Waals surface area contributed by atoms with E-state index in [1.54, 1.807) is 12.1 Å². The van der Waals surface area contributed by atoms with Gasteiger partial charge in [-0.25, -0.2) is 8.42 Å². The fourth-order valence-electron chi connectivity index (χ4n) is 4.29. The normalized spacial score (nSPS) is 17.0. The maximum atomic E-state index is 13.2. The minimum Gasteiger partial charge on any atom is -0.374 e. The summed E-state index contributed by atoms with van der Waals surface area (Å²) < 4.78 is 34.4. The van der Waals surface area contributed by atoms with Gasteiger partial charge in [0, 0.05) is 24.3 Å². The molecule has 2 aromatic carbocycles. The van der Waals surface area contributed by atoms with E-state index < -0.39 is 22.2 Å². The highest BCUT2D eigenvalue weighted by Crippen LogP contribution is 2.25. The van der Waals surface area contributed by atoms with E-state index in [0.29, 0.717) is 11.3 Å². The van der Waals surface area contributed by atoms with Gasteiger partial charge in [0.25, 0.3) is 5.91 Å². The molecule has 3 aromatic rings. The van der Waals surface area contributed by atoms with Gasteiger partial charge in [0.15, 0.2) is 0 Å². The molecule has 2 N–H and O–H groups in total. The smallest absolute Gasteiger partial charge is 0.262 e. The first-order chi connectivity index (χ1) is 18.3. The molecular formula is C27H30N4O5S2. The third-order valence-electron chi connectivity index (χ3n) is 6.35. The number of nitrogens with zero attached hydrogens (tertiary/aromatic N) is 2. The lowest BCUT2D eigenvalue weighted by atomic mass is 10.1. The number of benzene rings is 2. The Bertz CT molecular complexity index is 1410. The number of carbonyl (C=O) groups is 2. The topological polar surface area (TPSA) is 129 Å². The highest BCUT2D eigenvalue weighted by atomic mass is 32.2. The first kappa shape index (κ1) is 27.7. The molecule has 38 heavy (non-hydrogen) atoms. The van der Waals surface area contributed by atoms with Crippen LogP contribution in [0.1, 0.15) is 41.4 Å². The number of morpholine rings is 1. The summed E-state index contributed by atoms with van der Waals surface area (Å²) in [5, 5.41) is 16.0. The number of nitrogens with one attached hydrogen (secondary N) is 2. The third-order valence-corrected chi connectivity index (χ3v) is 9.39. The Morgan fingerprint density at radius 3 is 2.74 bits per heavy atom. The number of ether oxygens (including phenoxy) is 1. The molecule has 0 radical (unpaired) electrons. The molecule has 9 nitrogen and oxygen atoms in total. The van der Waals surface area contributed by atoms with Crippen LogP contribution in [0.2, 0.25) is 0 Å². The molecule has 1 unspecified atom stereocenters. The summed E-state index contributed by atoms with van der Waals surface area (Å²) >= 11 is 1.38. The van der Waals surface area contributed by atoms with Crippen molar-refractivity contribution >= 4 is 43.3 Å². The largest absolute Gasteiger partial charge is 0.374 e. The molecule has 0 spiro atoms. The van der Waals surface area contributed by atoms with E-state index in [1.165, 1.54) is 27.8 Å². The Morgan fingerprint density at radius 2 is 1.97 bits per heavy atom. The van der Waals surface area contributed by atoms with Crippen LogP contribution in [-0.4, -0.2) is 62.9 Å². The van der Waals surface area contributed by atoms with Crippen molar-refractivity contribution in [2.75, 3.05) is 26.2 Å². The van der Waals surface area contributed by atoms with Crippen molar-refractivity contribution in [2.45, 2.75) is 43.2 Å². The summed E-state index contributed by atoms with van der Waals surface area (Å²) in [4.78, 5) is 26.5. The zero-order valence-corrected chi connectivity index (χ0v) is 22.7. The number of unbranched alkanes of at least 4 members (excludes halogenated alkanes) is 1. The molecule has 1 saturated heterocycles. The van der Waals surface area contributed by atoms with Gasteiger partial charge in [-0.1, -0.05) is 50.1 Å². The molecule has 0 aliphatic carbocycles. The van der Waals surface area contributed by atoms with Gasteiger partial charge in [-0.2, -0.15) is 9.57 Å². The second kappa shape index (κ2) is 12.5. The molecule has 0 bridgehead atoms. The van der Waals surface area contributed by atoms with Crippen LogP contribution in [0.4, 0.5) is 0 Å². The van der Waals surface area contributed by atoms with Gasteiger partial charge in [-0.05, 0) is 36.1 Å². The second-order valence-corrected chi connectivity index (χ2v) is 12.0. The molecule has 1 aliphatic rings. The highest BCUT2D eigenvalue weighted by molar-refractivity contribution is 7.89. The van der Waals surface area contributed by atoms with E-state index in [2.05, 4.69) is 10.6 Å². The fourth-order valence-corrected chi connectivity index (χ4v) is 6.86. The average Bonchev–Trinajstić information content (AvgIpc) is 3.38. The van der Waals surface area contributed by atoms with Gasteiger partial charge in [0.1, 0.15) is 12.1 Å². The van der Waals surface area contributed by atoms with Crippen molar-refractivity contribution < 1.29 is 22.7 Å². The molecule has 2 atom stereocenters. The summed E-state index contributed by atoms with van der Waals surface area (Å²) in [5.41, 5.74) is 0.0805. The van der Waals surface area contributed by atoms with Crippen LogP contribution in [-0.2, 0) is 19.6 Å². The minimum absolute atomic E-state index is 0.0378. The molecule has 1 aromatic heterocycles. The summed E-state index contributed by atoms with van der Waals surface area (Å²) in [7, 11) is -3.90. The van der Waals surface area contributed by atoms with Gasteiger partial charge >= 0.3 is 0 Å². The standard InChI is InChI=1S/C27H30N4O5S2/c1-2-3-10-22(30-27(33)24-15-19-8-4-6-11-23(19)37-24)26(32)29-17-21-18-31(13-14-36-21)38(34,35)25-12-7-5-9-20(25)16-28/h4-9,11-12,15,21-22H,2-3,10,13-14,17-18H2,1H3,(H,29,32)(H,30,33)/t21?,22-/m0/s1. The van der Waals surface area contributed by atoms with E-state index in [1.807, 2.05) is 43.3 Å². The zero-order chi connectivity index (χ0) is 27.1. The third kappa shape index (κ3) is 6.39. The molecule has 4 rings (SSSR count). The maximum Gasteiger partial charge on any atom is 0.262 e. The molecule has 200 valence electrons. The van der Waals surface area contributed by atoms with Crippen LogP contribution < -0.4 is 10.6 Å². The Kier molecular flexibility index (Phi) is 9.12. The lowest BCUT2D eigenvalue weighted by molar-refractivity contribution is -0.124. The van der Waals surface area contributed by atoms with Crippen LogP contribution in [0, 0.1) is 11.3 Å². The van der Waals surface area contributed by atoms with Gasteiger partial charge in [0.05, 0.1) is 28.0 Å². The summed E-state index contributed by atoms with van der Waals surface area (Å²) in [6.45, 7) is 2.45. The molecule has 1 aliphatic heterocycles. The first-order valence-electron chi connectivity index (χ1n) is 12.5. The Hall–Kier alpha value is -3.30. The first-order valence-corrected chi connectivity index (χ1v) is 14.8. The fraction of sp³-hybridized carbons (Fsp3) is 0.370. The predicted octanol–water partition coefficient (Wildman–Crippen LogP) is 3.27. The molecular weight excluding hydrogens is 524 g/mol. The molecule has 1 fully saturated rings. The predicted molar refractivity (Wildman–Crippen MR) is 145 cm³/mol. The van der Waals surface area contributed by atoms with Crippen LogP contribution in [0.15, 0.2) is 59.5 Å². The monoisotopic (exact) mass is 554 g/mol. The number of sulfonamides is 1. The van der Waals surface area contributed by atoms with E-state index in [4.69, 9.17) is 4.74 Å². The Balaban J connectivity index is 1.38. The Morgan fingerprint density at radius 1 is 1.21 bits per heavy atom. The summed E-state index contributed by atoms with van der Waals surface area (Å²) in [5.74, 6) is -0.642. The number of hydrogen-bond acceptors (Lipinski definition) is 7. The maximum absolute atomic E-state index is 13.2. The van der Waals surface area contributed by atoms with Crippen LogP contribution >= 0.6 is 11.3 Å². The lowest BCUT2D eigenvalue weighted by Crippen LogP contribution is -2.52. The quantitative estimate of drug-likeness (QED) is 0.396. The van der Waals surface area contributed by atoms with Gasteiger partial charge in [0.2, 0.25) is 15.9 Å².